The van der Waals surface area contributed by atoms with Gasteiger partial charge >= 0.3 is 0 Å². The van der Waals surface area contributed by atoms with Crippen LogP contribution in [0.1, 0.15) is 22.3 Å². The van der Waals surface area contributed by atoms with Gasteiger partial charge in [-0.25, -0.2) is 8.78 Å². The molecule has 0 amide bonds. The maximum atomic E-state index is 12.5. The zero-order valence-corrected chi connectivity index (χ0v) is 7.21. The summed E-state index contributed by atoms with van der Waals surface area (Å²) in [4.78, 5) is 23.5. The molecule has 6 heteroatoms. The van der Waals surface area contributed by atoms with E-state index >= 15 is 0 Å². The number of H-pyrrole nitrogens is 1. The highest BCUT2D eigenvalue weighted by atomic mass is 19.3. The molecule has 4 nitrogen and oxygen atoms in total. The molecule has 1 aromatic heterocycles. The van der Waals surface area contributed by atoms with Crippen molar-refractivity contribution in [2.75, 3.05) is 7.11 Å². The number of rotatable bonds is 3. The lowest BCUT2D eigenvalue weighted by Gasteiger charge is -2.07. The van der Waals surface area contributed by atoms with Crippen molar-refractivity contribution in [3.8, 4) is 5.75 Å². The molecular formula is C8H7F2NO3. The minimum Gasteiger partial charge on any atom is -0.491 e. The molecule has 76 valence electrons. The third kappa shape index (κ3) is 1.63. The summed E-state index contributed by atoms with van der Waals surface area (Å²) in [5.41, 5.74) is -1.74. The fraction of sp³-hybridized carbons (Fsp3) is 0.250. The standard InChI is InChI=1S/C8H7F2NO3/c1-14-6-5(7(9)10)4(3-12)2-11-8(6)13/h2-3,7H,1H3,(H,11,13). The Labute approximate surface area is 77.5 Å². The second-order valence-corrected chi connectivity index (χ2v) is 2.44. The van der Waals surface area contributed by atoms with Crippen LogP contribution in [-0.4, -0.2) is 18.4 Å². The molecule has 1 heterocycles. The SMILES string of the molecule is COc1c(C(F)F)c(C=O)c[nH]c1=O. The predicted octanol–water partition coefficient (Wildman–Crippen LogP) is 1.13. The summed E-state index contributed by atoms with van der Waals surface area (Å²) in [7, 11) is 1.09. The molecule has 0 unspecified atom stereocenters. The highest BCUT2D eigenvalue weighted by Gasteiger charge is 2.21. The Bertz CT molecular complexity index is 400. The molecule has 1 aromatic rings. The first-order chi connectivity index (χ1) is 6.61. The monoisotopic (exact) mass is 203 g/mol. The number of aromatic amines is 1. The summed E-state index contributed by atoms with van der Waals surface area (Å²) < 4.78 is 29.4. The number of aromatic nitrogens is 1. The van der Waals surface area contributed by atoms with E-state index in [0.29, 0.717) is 0 Å². The molecule has 0 atom stereocenters. The number of hydrogen-bond acceptors (Lipinski definition) is 3. The molecule has 1 N–H and O–H groups in total. The normalized spacial score (nSPS) is 10.3. The van der Waals surface area contributed by atoms with E-state index in [2.05, 4.69) is 9.72 Å². The lowest BCUT2D eigenvalue weighted by atomic mass is 10.1. The van der Waals surface area contributed by atoms with Crippen LogP contribution in [-0.2, 0) is 0 Å². The van der Waals surface area contributed by atoms with E-state index < -0.39 is 23.3 Å². The first kappa shape index (κ1) is 10.4. The predicted molar refractivity (Wildman–Crippen MR) is 44.0 cm³/mol. The van der Waals surface area contributed by atoms with Gasteiger partial charge in [-0.3, -0.25) is 9.59 Å². The molecule has 14 heavy (non-hydrogen) atoms. The van der Waals surface area contributed by atoms with Crippen molar-refractivity contribution >= 4 is 6.29 Å². The van der Waals surface area contributed by atoms with Crippen molar-refractivity contribution in [3.63, 3.8) is 0 Å². The van der Waals surface area contributed by atoms with E-state index in [0.717, 1.165) is 13.3 Å². The Hall–Kier alpha value is -1.72. The molecule has 0 aliphatic rings. The molecule has 0 radical (unpaired) electrons. The van der Waals surface area contributed by atoms with Crippen molar-refractivity contribution in [3.05, 3.63) is 27.7 Å². The Kier molecular flexibility index (Phi) is 2.95. The Morgan fingerprint density at radius 1 is 1.57 bits per heavy atom. The lowest BCUT2D eigenvalue weighted by Crippen LogP contribution is -2.14. The molecule has 0 aromatic carbocycles. The summed E-state index contributed by atoms with van der Waals surface area (Å²) in [6, 6.07) is 0. The summed E-state index contributed by atoms with van der Waals surface area (Å²) >= 11 is 0. The maximum Gasteiger partial charge on any atom is 0.290 e. The van der Waals surface area contributed by atoms with Crippen LogP contribution in [0.4, 0.5) is 8.78 Å². The maximum absolute atomic E-state index is 12.5. The number of carbonyl (C=O) groups is 1. The van der Waals surface area contributed by atoms with E-state index in [-0.39, 0.29) is 11.8 Å². The highest BCUT2D eigenvalue weighted by Crippen LogP contribution is 2.27. The molecule has 0 aliphatic carbocycles. The number of aldehydes is 1. The highest BCUT2D eigenvalue weighted by molar-refractivity contribution is 5.78. The van der Waals surface area contributed by atoms with Crippen LogP contribution in [0.2, 0.25) is 0 Å². The Balaban J connectivity index is 3.51. The van der Waals surface area contributed by atoms with E-state index in [1.54, 1.807) is 0 Å². The second kappa shape index (κ2) is 3.99. The third-order valence-electron chi connectivity index (χ3n) is 1.67. The fourth-order valence-electron chi connectivity index (χ4n) is 1.07. The smallest absolute Gasteiger partial charge is 0.290 e. The van der Waals surface area contributed by atoms with Gasteiger partial charge in [0, 0.05) is 11.8 Å². The van der Waals surface area contributed by atoms with Gasteiger partial charge in [-0.05, 0) is 0 Å². The van der Waals surface area contributed by atoms with E-state index in [4.69, 9.17) is 0 Å². The lowest BCUT2D eigenvalue weighted by molar-refractivity contribution is 0.110. The van der Waals surface area contributed by atoms with Gasteiger partial charge in [-0.2, -0.15) is 0 Å². The second-order valence-electron chi connectivity index (χ2n) is 2.44. The Morgan fingerprint density at radius 3 is 2.64 bits per heavy atom. The summed E-state index contributed by atoms with van der Waals surface area (Å²) in [5.74, 6) is -0.524. The first-order valence-corrected chi connectivity index (χ1v) is 3.64. The largest absolute Gasteiger partial charge is 0.491 e. The van der Waals surface area contributed by atoms with Crippen LogP contribution in [0.3, 0.4) is 0 Å². The topological polar surface area (TPSA) is 59.2 Å². The number of pyridine rings is 1. The average molecular weight is 203 g/mol. The number of methoxy groups -OCH3 is 1. The van der Waals surface area contributed by atoms with Gasteiger partial charge < -0.3 is 9.72 Å². The number of hydrogen-bond donors (Lipinski definition) is 1. The third-order valence-corrected chi connectivity index (χ3v) is 1.67. The molecule has 1 rings (SSSR count). The van der Waals surface area contributed by atoms with E-state index in [1.165, 1.54) is 0 Å². The van der Waals surface area contributed by atoms with Crippen molar-refractivity contribution in [2.24, 2.45) is 0 Å². The van der Waals surface area contributed by atoms with Crippen molar-refractivity contribution in [1.82, 2.24) is 4.98 Å². The van der Waals surface area contributed by atoms with Crippen LogP contribution in [0.15, 0.2) is 11.0 Å². The fourth-order valence-corrected chi connectivity index (χ4v) is 1.07. The first-order valence-electron chi connectivity index (χ1n) is 3.64. The summed E-state index contributed by atoms with van der Waals surface area (Å²) in [6.07, 6.45) is -1.76. The number of halogens is 2. The quantitative estimate of drug-likeness (QED) is 0.749. The number of nitrogens with one attached hydrogen (secondary N) is 1. The molecule has 0 saturated heterocycles. The van der Waals surface area contributed by atoms with Crippen molar-refractivity contribution in [1.29, 1.82) is 0 Å². The molecular weight excluding hydrogens is 196 g/mol. The van der Waals surface area contributed by atoms with Crippen LogP contribution in [0.25, 0.3) is 0 Å². The van der Waals surface area contributed by atoms with Crippen molar-refractivity contribution < 1.29 is 18.3 Å². The number of carbonyl (C=O) groups excluding carboxylic acids is 1. The van der Waals surface area contributed by atoms with E-state index in [1.807, 2.05) is 0 Å². The van der Waals surface area contributed by atoms with Gasteiger partial charge in [0.05, 0.1) is 12.7 Å². The van der Waals surface area contributed by atoms with Gasteiger partial charge in [-0.1, -0.05) is 0 Å². The Morgan fingerprint density at radius 2 is 2.21 bits per heavy atom. The molecule has 0 spiro atoms. The van der Waals surface area contributed by atoms with Gasteiger partial charge in [0.1, 0.15) is 0 Å². The van der Waals surface area contributed by atoms with Gasteiger partial charge in [0.25, 0.3) is 12.0 Å². The van der Waals surface area contributed by atoms with Crippen LogP contribution < -0.4 is 10.3 Å². The average Bonchev–Trinajstić information content (AvgIpc) is 2.17. The minimum absolute atomic E-state index is 0.236. The summed E-state index contributed by atoms with van der Waals surface area (Å²) in [5, 5.41) is 0. The molecule has 0 aliphatic heterocycles. The molecule has 0 fully saturated rings. The van der Waals surface area contributed by atoms with Crippen LogP contribution >= 0.6 is 0 Å². The van der Waals surface area contributed by atoms with Gasteiger partial charge in [0.2, 0.25) is 0 Å². The van der Waals surface area contributed by atoms with Gasteiger partial charge in [-0.15, -0.1) is 0 Å². The number of alkyl halides is 2. The zero-order valence-electron chi connectivity index (χ0n) is 7.21. The van der Waals surface area contributed by atoms with Crippen LogP contribution in [0, 0.1) is 0 Å². The minimum atomic E-state index is -2.92. The zero-order chi connectivity index (χ0) is 10.7. The van der Waals surface area contributed by atoms with Crippen LogP contribution in [0.5, 0.6) is 5.75 Å². The van der Waals surface area contributed by atoms with Gasteiger partial charge in [0.15, 0.2) is 12.0 Å². The van der Waals surface area contributed by atoms with Crippen molar-refractivity contribution in [2.45, 2.75) is 6.43 Å². The molecule has 0 bridgehead atoms. The summed E-state index contributed by atoms with van der Waals surface area (Å²) in [6.45, 7) is 0. The van der Waals surface area contributed by atoms with E-state index in [9.17, 15) is 18.4 Å². The number of ether oxygens (including phenoxy) is 1. The molecule has 0 saturated carbocycles.